The summed E-state index contributed by atoms with van der Waals surface area (Å²) in [5, 5.41) is 12.4. The summed E-state index contributed by atoms with van der Waals surface area (Å²) in [5.41, 5.74) is 0.422. The van der Waals surface area contributed by atoms with Crippen LogP contribution in [0.25, 0.3) is 0 Å². The van der Waals surface area contributed by atoms with Gasteiger partial charge in [-0.2, -0.15) is 0 Å². The van der Waals surface area contributed by atoms with Crippen LogP contribution in [0.2, 0.25) is 0 Å². The quantitative estimate of drug-likeness (QED) is 0.292. The van der Waals surface area contributed by atoms with Crippen molar-refractivity contribution >= 4 is 35.1 Å². The molecule has 2 fully saturated rings. The molecule has 3 N–H and O–H groups in total. The first kappa shape index (κ1) is 34.7. The number of likely N-dealkylation sites (N-methyl/N-ethyl adjacent to an activating group) is 1. The summed E-state index contributed by atoms with van der Waals surface area (Å²) in [6.45, 7) is 9.33. The molecule has 0 radical (unpaired) electrons. The Hall–Kier alpha value is -4.16. The Balaban J connectivity index is 1.67. The van der Waals surface area contributed by atoms with E-state index in [9.17, 15) is 24.0 Å². The predicted octanol–water partition coefficient (Wildman–Crippen LogP) is 2.02. The number of carbonyl (C=O) groups is 5. The molecular weight excluding hydrogens is 594 g/mol. The molecule has 4 amide bonds. The number of hydrogen-bond acceptors (Lipinski definition) is 9. The molecule has 4 atom stereocenters. The molecule has 1 spiro atoms. The van der Waals surface area contributed by atoms with Gasteiger partial charge in [0.1, 0.15) is 23.6 Å². The van der Waals surface area contributed by atoms with Gasteiger partial charge < -0.3 is 35.2 Å². The fourth-order valence-electron chi connectivity index (χ4n) is 6.08. The van der Waals surface area contributed by atoms with E-state index in [0.29, 0.717) is 29.2 Å². The van der Waals surface area contributed by atoms with E-state index in [2.05, 4.69) is 21.1 Å². The molecule has 1 aromatic rings. The molecule has 252 valence electrons. The van der Waals surface area contributed by atoms with Crippen LogP contribution in [0.15, 0.2) is 17.3 Å². The van der Waals surface area contributed by atoms with Crippen LogP contribution in [0.3, 0.4) is 0 Å². The number of carbonyl (C=O) groups excluding carboxylic acids is 5. The normalized spacial score (nSPS) is 22.0. The van der Waals surface area contributed by atoms with E-state index in [4.69, 9.17) is 14.3 Å². The van der Waals surface area contributed by atoms with Crippen LogP contribution < -0.4 is 25.4 Å². The van der Waals surface area contributed by atoms with Crippen LogP contribution >= 0.6 is 0 Å². The van der Waals surface area contributed by atoms with Gasteiger partial charge in [0.05, 0.1) is 32.5 Å². The number of likely N-dealkylation sites (tertiary alicyclic amines) is 1. The smallest absolute Gasteiger partial charge is 0.289 e. The molecule has 13 heteroatoms. The number of oxime groups is 1. The fourth-order valence-corrected chi connectivity index (χ4v) is 6.08. The summed E-state index contributed by atoms with van der Waals surface area (Å²) in [7, 11) is 4.47. The van der Waals surface area contributed by atoms with Crippen molar-refractivity contribution in [2.75, 3.05) is 27.8 Å². The van der Waals surface area contributed by atoms with E-state index >= 15 is 0 Å². The van der Waals surface area contributed by atoms with Gasteiger partial charge in [-0.15, -0.1) is 0 Å². The Morgan fingerprint density at radius 3 is 2.30 bits per heavy atom. The summed E-state index contributed by atoms with van der Waals surface area (Å²) in [6.07, 6.45) is 2.67. The van der Waals surface area contributed by atoms with Gasteiger partial charge in [0.25, 0.3) is 5.91 Å². The number of benzene rings is 1. The van der Waals surface area contributed by atoms with Gasteiger partial charge in [-0.25, -0.2) is 0 Å². The zero-order chi connectivity index (χ0) is 34.0. The van der Waals surface area contributed by atoms with E-state index in [0.717, 1.165) is 18.4 Å². The number of nitrogens with one attached hydrogen (secondary N) is 3. The van der Waals surface area contributed by atoms with E-state index in [1.165, 1.54) is 11.9 Å². The molecule has 2 aliphatic heterocycles. The minimum absolute atomic E-state index is 0.0160. The third-order valence-electron chi connectivity index (χ3n) is 8.86. The number of ether oxygens (including phenoxy) is 2. The SMILES string of the molecule is CCC[C@H](NC(=O)[C@@H]1C[C@]2(CC(c3cc(C)c(OC)cc3OC)=NO2)CN1C(=O)[C@@H](NC(=O)C1CC1)C(C)(C)C)C(=O)C(=O)NC. The highest BCUT2D eigenvalue weighted by molar-refractivity contribution is 6.38. The third kappa shape index (κ3) is 7.28. The number of rotatable bonds is 12. The molecule has 0 unspecified atom stereocenters. The number of aryl methyl sites for hydroxylation is 1. The van der Waals surface area contributed by atoms with E-state index in [1.54, 1.807) is 20.3 Å². The van der Waals surface area contributed by atoms with Crippen molar-refractivity contribution in [3.63, 3.8) is 0 Å². The molecule has 3 aliphatic rings. The van der Waals surface area contributed by atoms with E-state index in [1.807, 2.05) is 40.7 Å². The predicted molar refractivity (Wildman–Crippen MR) is 169 cm³/mol. The van der Waals surface area contributed by atoms with Crippen molar-refractivity contribution in [2.45, 2.75) is 96.9 Å². The minimum Gasteiger partial charge on any atom is -0.496 e. The van der Waals surface area contributed by atoms with Crippen molar-refractivity contribution in [3.8, 4) is 11.5 Å². The Kier molecular flexibility index (Phi) is 10.3. The molecule has 1 aliphatic carbocycles. The summed E-state index contributed by atoms with van der Waals surface area (Å²) < 4.78 is 11.1. The Morgan fingerprint density at radius 1 is 1.07 bits per heavy atom. The number of ketones is 1. The summed E-state index contributed by atoms with van der Waals surface area (Å²) >= 11 is 0. The molecule has 1 aromatic carbocycles. The van der Waals surface area contributed by atoms with Gasteiger partial charge in [0.15, 0.2) is 5.60 Å². The first-order valence-corrected chi connectivity index (χ1v) is 15.8. The molecule has 1 saturated heterocycles. The van der Waals surface area contributed by atoms with Gasteiger partial charge >= 0.3 is 0 Å². The van der Waals surface area contributed by atoms with Gasteiger partial charge in [0, 0.05) is 37.4 Å². The molecule has 0 aromatic heterocycles. The van der Waals surface area contributed by atoms with Crippen LogP contribution in [0.5, 0.6) is 11.5 Å². The van der Waals surface area contributed by atoms with Gasteiger partial charge in [-0.3, -0.25) is 24.0 Å². The molecule has 13 nitrogen and oxygen atoms in total. The van der Waals surface area contributed by atoms with Crippen LogP contribution in [0.4, 0.5) is 0 Å². The van der Waals surface area contributed by atoms with Gasteiger partial charge in [-0.05, 0) is 43.2 Å². The number of methoxy groups -OCH3 is 2. The van der Waals surface area contributed by atoms with Crippen LogP contribution in [-0.4, -0.2) is 91.6 Å². The number of nitrogens with zero attached hydrogens (tertiary/aromatic N) is 2. The summed E-state index contributed by atoms with van der Waals surface area (Å²) in [6, 6.07) is 0.621. The zero-order valence-electron chi connectivity index (χ0n) is 28.1. The minimum atomic E-state index is -1.07. The van der Waals surface area contributed by atoms with E-state index < -0.39 is 52.6 Å². The van der Waals surface area contributed by atoms with Crippen molar-refractivity contribution in [1.29, 1.82) is 0 Å². The molecule has 0 bridgehead atoms. The first-order valence-electron chi connectivity index (χ1n) is 15.8. The van der Waals surface area contributed by atoms with Crippen LogP contribution in [-0.2, 0) is 28.8 Å². The third-order valence-corrected chi connectivity index (χ3v) is 8.86. The number of Topliss-reactive ketones (excluding diaryl/α,β-unsaturated/α-hetero) is 1. The maximum absolute atomic E-state index is 14.4. The highest BCUT2D eigenvalue weighted by Gasteiger charge is 2.56. The second-order valence-corrected chi connectivity index (χ2v) is 13.6. The van der Waals surface area contributed by atoms with Crippen molar-refractivity contribution in [2.24, 2.45) is 16.5 Å². The lowest BCUT2D eigenvalue weighted by atomic mass is 9.85. The van der Waals surface area contributed by atoms with Crippen molar-refractivity contribution < 1.29 is 38.3 Å². The van der Waals surface area contributed by atoms with Gasteiger partial charge in [0.2, 0.25) is 23.5 Å². The van der Waals surface area contributed by atoms with Crippen molar-refractivity contribution in [3.05, 3.63) is 23.3 Å². The topological polar surface area (TPSA) is 165 Å². The monoisotopic (exact) mass is 641 g/mol. The summed E-state index contributed by atoms with van der Waals surface area (Å²) in [4.78, 5) is 73.7. The number of amides is 4. The lowest BCUT2D eigenvalue weighted by Gasteiger charge is -2.35. The molecule has 4 rings (SSSR count). The fraction of sp³-hybridized carbons (Fsp3) is 0.636. The highest BCUT2D eigenvalue weighted by atomic mass is 16.7. The average molecular weight is 642 g/mol. The molecule has 46 heavy (non-hydrogen) atoms. The van der Waals surface area contributed by atoms with E-state index in [-0.39, 0.29) is 37.6 Å². The molecule has 1 saturated carbocycles. The lowest BCUT2D eigenvalue weighted by Crippen LogP contribution is -2.59. The average Bonchev–Trinajstić information content (AvgIpc) is 3.70. The molecule has 2 heterocycles. The first-order chi connectivity index (χ1) is 21.7. The maximum atomic E-state index is 14.4. The second-order valence-electron chi connectivity index (χ2n) is 13.6. The highest BCUT2D eigenvalue weighted by Crippen LogP contribution is 2.42. The Labute approximate surface area is 270 Å². The Morgan fingerprint density at radius 2 is 1.74 bits per heavy atom. The molecular formula is C33H47N5O8. The van der Waals surface area contributed by atoms with Crippen LogP contribution in [0.1, 0.15) is 77.3 Å². The van der Waals surface area contributed by atoms with Crippen molar-refractivity contribution in [1.82, 2.24) is 20.9 Å². The maximum Gasteiger partial charge on any atom is 0.289 e. The standard InChI is InChI=1S/C33H47N5O8/c1-9-10-21(26(39)30(42)34-6)35-29(41)23-16-33(15-22(37-46-33)20-13-18(2)24(44-7)14-25(20)45-8)17-38(23)31(43)27(32(3,4)5)36-28(40)19-11-12-19/h13-14,19,21,23,27H,9-12,15-17H2,1-8H3,(H,34,42)(H,35,41)(H,36,40)/t21-,23-,27+,33+/m0/s1. The Bertz CT molecular complexity index is 1420. The lowest BCUT2D eigenvalue weighted by molar-refractivity contribution is -0.145. The summed E-state index contributed by atoms with van der Waals surface area (Å²) in [5.74, 6) is -1.72. The largest absolute Gasteiger partial charge is 0.496 e. The number of hydrogen-bond donors (Lipinski definition) is 3. The second kappa shape index (κ2) is 13.7. The van der Waals surface area contributed by atoms with Crippen LogP contribution in [0, 0.1) is 18.3 Å². The van der Waals surface area contributed by atoms with Gasteiger partial charge in [-0.1, -0.05) is 39.3 Å². The zero-order valence-corrected chi connectivity index (χ0v) is 28.1.